The lowest BCUT2D eigenvalue weighted by Crippen LogP contribution is -2.46. The number of ether oxygens (including phenoxy) is 2. The van der Waals surface area contributed by atoms with Crippen LogP contribution in [-0.2, 0) is 0 Å². The molecule has 1 aromatic carbocycles. The molecule has 0 aromatic heterocycles. The number of rotatable bonds is 2. The monoisotopic (exact) mass is 245 g/mol. The van der Waals surface area contributed by atoms with Gasteiger partial charge in [0.25, 0.3) is 0 Å². The predicted molar refractivity (Wildman–Crippen MR) is 70.9 cm³/mol. The molecule has 96 valence electrons. The van der Waals surface area contributed by atoms with Gasteiger partial charge in [0, 0.05) is 0 Å². The lowest BCUT2D eigenvalue weighted by atomic mass is 9.91. The van der Waals surface area contributed by atoms with Crippen LogP contribution >= 0.6 is 0 Å². The molecule has 0 radical (unpaired) electrons. The highest BCUT2D eigenvalue weighted by atomic mass is 16.6. The number of hydrogen-bond acceptors (Lipinski definition) is 3. The Labute approximate surface area is 108 Å². The molecule has 0 bridgehead atoms. The van der Waals surface area contributed by atoms with Crippen molar-refractivity contribution in [3.63, 3.8) is 0 Å². The first kappa shape index (κ1) is 11.6. The van der Waals surface area contributed by atoms with Crippen LogP contribution in [0.1, 0.15) is 25.7 Å². The van der Waals surface area contributed by atoms with Gasteiger partial charge in [0.15, 0.2) is 17.6 Å². The molecule has 18 heavy (non-hydrogen) atoms. The molecule has 1 aliphatic carbocycles. The normalized spacial score (nSPS) is 24.3. The van der Waals surface area contributed by atoms with E-state index in [9.17, 15) is 0 Å². The smallest absolute Gasteiger partial charge is 0.161 e. The fourth-order valence-electron chi connectivity index (χ4n) is 2.62. The fourth-order valence-corrected chi connectivity index (χ4v) is 2.62. The molecule has 3 nitrogen and oxygen atoms in total. The van der Waals surface area contributed by atoms with Crippen molar-refractivity contribution in [1.82, 2.24) is 0 Å². The number of allylic oxidation sites excluding steroid dienone is 1. The molecule has 3 rings (SSSR count). The zero-order chi connectivity index (χ0) is 12.4. The highest BCUT2D eigenvalue weighted by Gasteiger charge is 2.28. The molecule has 0 spiro atoms. The lowest BCUT2D eigenvalue weighted by molar-refractivity contribution is 0.0790. The van der Waals surface area contributed by atoms with Gasteiger partial charge in [0.2, 0.25) is 0 Å². The number of benzene rings is 1. The molecule has 1 aliphatic heterocycles. The fraction of sp³-hybridized carbons (Fsp3) is 0.467. The first-order chi connectivity index (χ1) is 8.84. The Bertz CT molecular complexity index is 456. The van der Waals surface area contributed by atoms with Gasteiger partial charge < -0.3 is 15.2 Å². The second-order valence-corrected chi connectivity index (χ2v) is 4.96. The first-order valence-corrected chi connectivity index (χ1v) is 6.67. The number of fused-ring (bicyclic) bond motifs is 1. The van der Waals surface area contributed by atoms with Crippen molar-refractivity contribution in [1.29, 1.82) is 0 Å². The summed E-state index contributed by atoms with van der Waals surface area (Å²) in [5, 5.41) is 0. The number of hydrogen-bond donors (Lipinski definition) is 1. The van der Waals surface area contributed by atoms with E-state index < -0.39 is 0 Å². The SMILES string of the molecule is NC(C1=CCCCC1)C1COc2ccccc2O1. The van der Waals surface area contributed by atoms with E-state index in [-0.39, 0.29) is 12.1 Å². The molecular formula is C15H19NO2. The third-order valence-corrected chi connectivity index (χ3v) is 3.69. The highest BCUT2D eigenvalue weighted by molar-refractivity contribution is 5.41. The van der Waals surface area contributed by atoms with E-state index in [1.807, 2.05) is 24.3 Å². The van der Waals surface area contributed by atoms with Crippen molar-refractivity contribution in [2.45, 2.75) is 37.8 Å². The van der Waals surface area contributed by atoms with Crippen molar-refractivity contribution in [3.8, 4) is 11.5 Å². The molecule has 2 aliphatic rings. The maximum absolute atomic E-state index is 6.31. The summed E-state index contributed by atoms with van der Waals surface area (Å²) in [6.07, 6.45) is 6.97. The van der Waals surface area contributed by atoms with Gasteiger partial charge in [-0.1, -0.05) is 23.8 Å². The van der Waals surface area contributed by atoms with E-state index in [1.54, 1.807) is 0 Å². The summed E-state index contributed by atoms with van der Waals surface area (Å²) in [7, 11) is 0. The van der Waals surface area contributed by atoms with Crippen LogP contribution in [0, 0.1) is 0 Å². The average molecular weight is 245 g/mol. The third-order valence-electron chi connectivity index (χ3n) is 3.69. The largest absolute Gasteiger partial charge is 0.486 e. The van der Waals surface area contributed by atoms with Gasteiger partial charge in [-0.15, -0.1) is 0 Å². The summed E-state index contributed by atoms with van der Waals surface area (Å²) < 4.78 is 11.7. The lowest BCUT2D eigenvalue weighted by Gasteiger charge is -2.32. The van der Waals surface area contributed by atoms with E-state index in [0.717, 1.165) is 24.3 Å². The molecule has 3 heteroatoms. The van der Waals surface area contributed by atoms with Crippen LogP contribution in [0.25, 0.3) is 0 Å². The summed E-state index contributed by atoms with van der Waals surface area (Å²) in [5.41, 5.74) is 7.63. The van der Waals surface area contributed by atoms with Gasteiger partial charge >= 0.3 is 0 Å². The molecule has 1 aromatic rings. The van der Waals surface area contributed by atoms with Gasteiger partial charge in [-0.3, -0.25) is 0 Å². The Kier molecular flexibility index (Phi) is 3.24. The minimum Gasteiger partial charge on any atom is -0.486 e. The molecule has 0 fully saturated rings. The molecule has 0 saturated carbocycles. The van der Waals surface area contributed by atoms with Crippen molar-refractivity contribution in [2.24, 2.45) is 5.73 Å². The van der Waals surface area contributed by atoms with Crippen molar-refractivity contribution < 1.29 is 9.47 Å². The topological polar surface area (TPSA) is 44.5 Å². The van der Waals surface area contributed by atoms with Crippen molar-refractivity contribution in [2.75, 3.05) is 6.61 Å². The standard InChI is InChI=1S/C15H19NO2/c16-15(11-6-2-1-3-7-11)14-10-17-12-8-4-5-9-13(12)18-14/h4-6,8-9,14-15H,1-3,7,10,16H2. The average Bonchev–Trinajstić information content (AvgIpc) is 2.47. The summed E-state index contributed by atoms with van der Waals surface area (Å²) in [5.74, 6) is 1.62. The quantitative estimate of drug-likeness (QED) is 0.815. The van der Waals surface area contributed by atoms with E-state index >= 15 is 0 Å². The zero-order valence-electron chi connectivity index (χ0n) is 10.5. The Morgan fingerprint density at radius 3 is 2.78 bits per heavy atom. The molecular weight excluding hydrogens is 226 g/mol. The number of nitrogens with two attached hydrogens (primary N) is 1. The van der Waals surface area contributed by atoms with E-state index in [1.165, 1.54) is 18.4 Å². The van der Waals surface area contributed by atoms with E-state index in [4.69, 9.17) is 15.2 Å². The summed E-state index contributed by atoms with van der Waals surface area (Å²) in [6, 6.07) is 7.72. The molecule has 2 unspecified atom stereocenters. The van der Waals surface area contributed by atoms with Gasteiger partial charge in [0.1, 0.15) is 6.61 Å². The number of para-hydroxylation sites is 2. The second kappa shape index (κ2) is 5.02. The highest BCUT2D eigenvalue weighted by Crippen LogP contribution is 2.33. The van der Waals surface area contributed by atoms with Crippen LogP contribution in [-0.4, -0.2) is 18.8 Å². The molecule has 0 saturated heterocycles. The molecule has 0 amide bonds. The Morgan fingerprint density at radius 2 is 2.00 bits per heavy atom. The summed E-state index contributed by atoms with van der Waals surface area (Å²) in [4.78, 5) is 0. The van der Waals surface area contributed by atoms with Crippen LogP contribution in [0.3, 0.4) is 0 Å². The summed E-state index contributed by atoms with van der Waals surface area (Å²) in [6.45, 7) is 0.537. The predicted octanol–water partition coefficient (Wildman–Crippen LogP) is 2.65. The zero-order valence-corrected chi connectivity index (χ0v) is 10.5. The van der Waals surface area contributed by atoms with E-state index in [0.29, 0.717) is 6.61 Å². The minimum absolute atomic E-state index is 0.0429. The summed E-state index contributed by atoms with van der Waals surface area (Å²) >= 11 is 0. The van der Waals surface area contributed by atoms with Crippen LogP contribution in [0.2, 0.25) is 0 Å². The van der Waals surface area contributed by atoms with Crippen molar-refractivity contribution in [3.05, 3.63) is 35.9 Å². The maximum atomic E-state index is 6.31. The van der Waals surface area contributed by atoms with Crippen LogP contribution in [0.5, 0.6) is 11.5 Å². The molecule has 1 heterocycles. The molecule has 2 atom stereocenters. The van der Waals surface area contributed by atoms with Gasteiger partial charge in [-0.2, -0.15) is 0 Å². The molecule has 2 N–H and O–H groups in total. The van der Waals surface area contributed by atoms with Crippen LogP contribution in [0.15, 0.2) is 35.9 Å². The Hall–Kier alpha value is -1.48. The Balaban J connectivity index is 1.73. The van der Waals surface area contributed by atoms with Gasteiger partial charge in [-0.05, 0) is 37.8 Å². The maximum Gasteiger partial charge on any atom is 0.161 e. The second-order valence-electron chi connectivity index (χ2n) is 4.96. The van der Waals surface area contributed by atoms with E-state index in [2.05, 4.69) is 6.08 Å². The first-order valence-electron chi connectivity index (χ1n) is 6.67. The van der Waals surface area contributed by atoms with Crippen LogP contribution in [0.4, 0.5) is 0 Å². The van der Waals surface area contributed by atoms with Gasteiger partial charge in [-0.25, -0.2) is 0 Å². The van der Waals surface area contributed by atoms with Crippen LogP contribution < -0.4 is 15.2 Å². The van der Waals surface area contributed by atoms with Crippen molar-refractivity contribution >= 4 is 0 Å². The Morgan fingerprint density at radius 1 is 1.17 bits per heavy atom. The van der Waals surface area contributed by atoms with Gasteiger partial charge in [0.05, 0.1) is 6.04 Å². The minimum atomic E-state index is -0.0655. The third kappa shape index (κ3) is 2.23.